The topological polar surface area (TPSA) is 104 Å². The van der Waals surface area contributed by atoms with Crippen LogP contribution in [0.1, 0.15) is 27.6 Å². The third-order valence-corrected chi connectivity index (χ3v) is 3.19. The highest BCUT2D eigenvalue weighted by atomic mass is 16.2. The Bertz CT molecular complexity index is 777. The van der Waals surface area contributed by atoms with Gasteiger partial charge in [0.15, 0.2) is 5.82 Å². The molecule has 0 aliphatic heterocycles. The second-order valence-electron chi connectivity index (χ2n) is 4.80. The molecule has 3 rings (SSSR count). The summed E-state index contributed by atoms with van der Waals surface area (Å²) in [6, 6.07) is 7.57. The van der Waals surface area contributed by atoms with Crippen LogP contribution in [0.5, 0.6) is 0 Å². The predicted molar refractivity (Wildman–Crippen MR) is 77.3 cm³/mol. The second kappa shape index (κ2) is 6.13. The molecule has 0 bridgehead atoms. The smallest absolute Gasteiger partial charge is 0.265 e. The minimum absolute atomic E-state index is 0.00980. The summed E-state index contributed by atoms with van der Waals surface area (Å²) < 4.78 is 0. The van der Waals surface area contributed by atoms with Crippen molar-refractivity contribution in [3.05, 3.63) is 65.8 Å². The molecule has 0 saturated heterocycles. The SMILES string of the molecule is O=C(Cc1ccc(Cc2ccncc2)[nH]1)C(=O)c1ncn[nH]1. The monoisotopic (exact) mass is 295 g/mol. The van der Waals surface area contributed by atoms with Crippen molar-refractivity contribution < 1.29 is 9.59 Å². The molecule has 22 heavy (non-hydrogen) atoms. The van der Waals surface area contributed by atoms with Crippen LogP contribution in [0, 0.1) is 0 Å². The number of hydrogen-bond acceptors (Lipinski definition) is 5. The number of carbonyl (C=O) groups is 2. The number of rotatable bonds is 6. The lowest BCUT2D eigenvalue weighted by Gasteiger charge is -1.99. The molecule has 0 aliphatic rings. The molecule has 0 aliphatic carbocycles. The quantitative estimate of drug-likeness (QED) is 0.523. The first-order valence-electron chi connectivity index (χ1n) is 6.71. The molecular weight excluding hydrogens is 282 g/mol. The predicted octanol–water partition coefficient (Wildman–Crippen LogP) is 1.11. The van der Waals surface area contributed by atoms with Crippen LogP contribution in [0.15, 0.2) is 43.0 Å². The fourth-order valence-corrected chi connectivity index (χ4v) is 2.12. The summed E-state index contributed by atoms with van der Waals surface area (Å²) in [5, 5.41) is 5.96. The Hall–Kier alpha value is -3.09. The van der Waals surface area contributed by atoms with Crippen LogP contribution in [0.2, 0.25) is 0 Å². The highest BCUT2D eigenvalue weighted by Crippen LogP contribution is 2.10. The van der Waals surface area contributed by atoms with Crippen LogP contribution in [0.25, 0.3) is 0 Å². The molecule has 0 spiro atoms. The number of nitrogens with zero attached hydrogens (tertiary/aromatic N) is 3. The normalized spacial score (nSPS) is 10.5. The van der Waals surface area contributed by atoms with Crippen molar-refractivity contribution in [2.24, 2.45) is 0 Å². The van der Waals surface area contributed by atoms with E-state index in [0.29, 0.717) is 12.1 Å². The van der Waals surface area contributed by atoms with Gasteiger partial charge in [-0.2, -0.15) is 5.10 Å². The van der Waals surface area contributed by atoms with E-state index in [2.05, 4.69) is 25.1 Å². The first kappa shape index (κ1) is 13.9. The van der Waals surface area contributed by atoms with Crippen molar-refractivity contribution in [2.75, 3.05) is 0 Å². The van der Waals surface area contributed by atoms with E-state index in [4.69, 9.17) is 0 Å². The maximum Gasteiger partial charge on any atom is 0.265 e. The molecule has 0 atom stereocenters. The molecule has 0 fully saturated rings. The van der Waals surface area contributed by atoms with Gasteiger partial charge in [0.1, 0.15) is 6.33 Å². The van der Waals surface area contributed by atoms with Crippen molar-refractivity contribution in [1.82, 2.24) is 25.1 Å². The molecule has 0 radical (unpaired) electrons. The fourth-order valence-electron chi connectivity index (χ4n) is 2.12. The number of nitrogens with one attached hydrogen (secondary N) is 2. The van der Waals surface area contributed by atoms with E-state index in [-0.39, 0.29) is 12.2 Å². The number of ketones is 2. The van der Waals surface area contributed by atoms with Gasteiger partial charge in [0, 0.05) is 30.2 Å². The van der Waals surface area contributed by atoms with Crippen LogP contribution in [0.3, 0.4) is 0 Å². The van der Waals surface area contributed by atoms with E-state index in [1.807, 2.05) is 24.3 Å². The van der Waals surface area contributed by atoms with Gasteiger partial charge >= 0.3 is 0 Å². The van der Waals surface area contributed by atoms with E-state index >= 15 is 0 Å². The van der Waals surface area contributed by atoms with Gasteiger partial charge in [-0.15, -0.1) is 0 Å². The minimum Gasteiger partial charge on any atom is -0.362 e. The Balaban J connectivity index is 1.64. The van der Waals surface area contributed by atoms with E-state index in [1.165, 1.54) is 6.33 Å². The van der Waals surface area contributed by atoms with Crippen LogP contribution >= 0.6 is 0 Å². The van der Waals surface area contributed by atoms with Gasteiger partial charge in [-0.25, -0.2) is 4.98 Å². The summed E-state index contributed by atoms with van der Waals surface area (Å²) in [4.78, 5) is 34.5. The maximum absolute atomic E-state index is 11.9. The zero-order valence-electron chi connectivity index (χ0n) is 11.6. The summed E-state index contributed by atoms with van der Waals surface area (Å²) >= 11 is 0. The summed E-state index contributed by atoms with van der Waals surface area (Å²) in [5.41, 5.74) is 2.79. The van der Waals surface area contributed by atoms with Gasteiger partial charge in [0.25, 0.3) is 5.78 Å². The molecule has 3 aromatic rings. The first-order valence-corrected chi connectivity index (χ1v) is 6.71. The lowest BCUT2D eigenvalue weighted by molar-refractivity contribution is -0.114. The van der Waals surface area contributed by atoms with E-state index in [0.717, 1.165) is 11.3 Å². The lowest BCUT2D eigenvalue weighted by atomic mass is 10.1. The van der Waals surface area contributed by atoms with Crippen molar-refractivity contribution in [1.29, 1.82) is 0 Å². The van der Waals surface area contributed by atoms with Crippen molar-refractivity contribution >= 4 is 11.6 Å². The van der Waals surface area contributed by atoms with Gasteiger partial charge in [0.05, 0.1) is 6.42 Å². The molecule has 0 unspecified atom stereocenters. The van der Waals surface area contributed by atoms with Crippen LogP contribution in [-0.4, -0.2) is 36.7 Å². The highest BCUT2D eigenvalue weighted by Gasteiger charge is 2.19. The number of aromatic amines is 2. The summed E-state index contributed by atoms with van der Waals surface area (Å²) in [7, 11) is 0. The van der Waals surface area contributed by atoms with E-state index < -0.39 is 11.6 Å². The van der Waals surface area contributed by atoms with Crippen molar-refractivity contribution in [3.63, 3.8) is 0 Å². The van der Waals surface area contributed by atoms with E-state index in [1.54, 1.807) is 12.4 Å². The average Bonchev–Trinajstić information content (AvgIpc) is 3.19. The van der Waals surface area contributed by atoms with Gasteiger partial charge in [-0.3, -0.25) is 19.7 Å². The Morgan fingerprint density at radius 2 is 1.82 bits per heavy atom. The fraction of sp³-hybridized carbons (Fsp3) is 0.133. The van der Waals surface area contributed by atoms with Gasteiger partial charge in [0.2, 0.25) is 5.78 Å². The number of hydrogen-bond donors (Lipinski definition) is 2. The summed E-state index contributed by atoms with van der Waals surface area (Å²) in [6.45, 7) is 0. The molecule has 3 aromatic heterocycles. The number of pyridine rings is 1. The first-order chi connectivity index (χ1) is 10.7. The number of Topliss-reactive ketones (excluding diaryl/α,β-unsaturated/α-hetero) is 2. The van der Waals surface area contributed by atoms with Crippen LogP contribution in [0.4, 0.5) is 0 Å². The third-order valence-electron chi connectivity index (χ3n) is 3.19. The Kier molecular flexibility index (Phi) is 3.86. The largest absolute Gasteiger partial charge is 0.362 e. The zero-order chi connectivity index (χ0) is 15.4. The number of carbonyl (C=O) groups excluding carboxylic acids is 2. The number of aromatic nitrogens is 5. The molecule has 7 heteroatoms. The lowest BCUT2D eigenvalue weighted by Crippen LogP contribution is -2.18. The molecule has 2 N–H and O–H groups in total. The Labute approximate surface area is 125 Å². The molecule has 3 heterocycles. The highest BCUT2D eigenvalue weighted by molar-refractivity contribution is 6.43. The van der Waals surface area contributed by atoms with Crippen molar-refractivity contribution in [2.45, 2.75) is 12.8 Å². The average molecular weight is 295 g/mol. The molecular formula is C15H13N5O2. The van der Waals surface area contributed by atoms with Crippen molar-refractivity contribution in [3.8, 4) is 0 Å². The maximum atomic E-state index is 11.9. The zero-order valence-corrected chi connectivity index (χ0v) is 11.6. The minimum atomic E-state index is -0.664. The summed E-state index contributed by atoms with van der Waals surface area (Å²) in [5.74, 6) is -1.23. The molecule has 0 amide bonds. The molecule has 0 aromatic carbocycles. The molecule has 110 valence electrons. The Morgan fingerprint density at radius 3 is 2.55 bits per heavy atom. The summed E-state index contributed by atoms with van der Waals surface area (Å²) in [6.07, 6.45) is 5.39. The van der Waals surface area contributed by atoms with Gasteiger partial charge < -0.3 is 4.98 Å². The third kappa shape index (κ3) is 3.14. The second-order valence-corrected chi connectivity index (χ2v) is 4.80. The van der Waals surface area contributed by atoms with Gasteiger partial charge in [-0.1, -0.05) is 0 Å². The van der Waals surface area contributed by atoms with Gasteiger partial charge in [-0.05, 0) is 29.8 Å². The molecule has 7 nitrogen and oxygen atoms in total. The van der Waals surface area contributed by atoms with Crippen LogP contribution in [-0.2, 0) is 17.6 Å². The Morgan fingerprint density at radius 1 is 1.05 bits per heavy atom. The molecule has 0 saturated carbocycles. The van der Waals surface area contributed by atoms with E-state index in [9.17, 15) is 9.59 Å². The standard InChI is InChI=1S/C15H13N5O2/c21-13(14(22)15-17-9-18-20-15)8-12-2-1-11(19-12)7-10-3-5-16-6-4-10/h1-6,9,19H,7-8H2,(H,17,18,20). The van der Waals surface area contributed by atoms with Crippen LogP contribution < -0.4 is 0 Å². The number of H-pyrrole nitrogens is 2.